The molecule has 0 bridgehead atoms. The summed E-state index contributed by atoms with van der Waals surface area (Å²) in [4.78, 5) is 33.8. The monoisotopic (exact) mass is 433 g/mol. The first-order valence-corrected chi connectivity index (χ1v) is 10.7. The topological polar surface area (TPSA) is 53.5 Å². The van der Waals surface area contributed by atoms with Gasteiger partial charge in [0.2, 0.25) is 0 Å². The van der Waals surface area contributed by atoms with E-state index < -0.39 is 11.6 Å². The highest BCUT2D eigenvalue weighted by Crippen LogP contribution is 2.30. The summed E-state index contributed by atoms with van der Waals surface area (Å²) in [6.45, 7) is 3.23. The molecule has 0 unspecified atom stereocenters. The number of aryl methyl sites for hydroxylation is 1. The predicted octanol–water partition coefficient (Wildman–Crippen LogP) is 4.06. The van der Waals surface area contributed by atoms with E-state index in [0.717, 1.165) is 22.7 Å². The SMILES string of the molecule is Cc1nc(-c2ccsc2)sc1C(=O)N1CCN(C(=O)c2ccc(F)c(F)c2)CC1. The first kappa shape index (κ1) is 19.7. The molecule has 2 amide bonds. The molecule has 0 N–H and O–H groups in total. The van der Waals surface area contributed by atoms with Gasteiger partial charge in [0, 0.05) is 42.7 Å². The molecule has 1 fully saturated rings. The maximum atomic E-state index is 13.4. The summed E-state index contributed by atoms with van der Waals surface area (Å²) in [7, 11) is 0. The van der Waals surface area contributed by atoms with Gasteiger partial charge in [0.05, 0.1) is 5.69 Å². The van der Waals surface area contributed by atoms with Gasteiger partial charge in [0.15, 0.2) is 11.6 Å². The number of benzene rings is 1. The number of hydrogen-bond donors (Lipinski definition) is 0. The fourth-order valence-corrected chi connectivity index (χ4v) is 4.92. The summed E-state index contributed by atoms with van der Waals surface area (Å²) >= 11 is 2.95. The normalized spacial score (nSPS) is 14.3. The van der Waals surface area contributed by atoms with Crippen LogP contribution in [0.25, 0.3) is 10.6 Å². The molecule has 1 saturated heterocycles. The molecule has 2 aromatic heterocycles. The number of amides is 2. The highest BCUT2D eigenvalue weighted by molar-refractivity contribution is 7.17. The van der Waals surface area contributed by atoms with Crippen molar-refractivity contribution in [3.05, 3.63) is 62.8 Å². The van der Waals surface area contributed by atoms with E-state index in [4.69, 9.17) is 0 Å². The van der Waals surface area contributed by atoms with Crippen LogP contribution in [-0.4, -0.2) is 52.8 Å². The number of carbonyl (C=O) groups is 2. The third kappa shape index (κ3) is 3.92. The molecule has 0 saturated carbocycles. The van der Waals surface area contributed by atoms with Crippen molar-refractivity contribution in [2.24, 2.45) is 0 Å². The van der Waals surface area contributed by atoms with Crippen LogP contribution in [0, 0.1) is 18.6 Å². The van der Waals surface area contributed by atoms with Crippen molar-refractivity contribution in [3.8, 4) is 10.6 Å². The molecule has 3 aromatic rings. The Morgan fingerprint density at radius 2 is 1.69 bits per heavy atom. The predicted molar refractivity (Wildman–Crippen MR) is 108 cm³/mol. The van der Waals surface area contributed by atoms with E-state index in [1.807, 2.05) is 23.8 Å². The molecule has 4 rings (SSSR count). The second-order valence-electron chi connectivity index (χ2n) is 6.66. The van der Waals surface area contributed by atoms with Crippen LogP contribution in [0.3, 0.4) is 0 Å². The highest BCUT2D eigenvalue weighted by Gasteiger charge is 2.28. The van der Waals surface area contributed by atoms with Crippen molar-refractivity contribution in [1.29, 1.82) is 0 Å². The second kappa shape index (κ2) is 8.00. The Balaban J connectivity index is 1.42. The fraction of sp³-hybridized carbons (Fsp3) is 0.250. The molecule has 0 aliphatic carbocycles. The molecule has 29 heavy (non-hydrogen) atoms. The average Bonchev–Trinajstić information content (AvgIpc) is 3.39. The van der Waals surface area contributed by atoms with Crippen molar-refractivity contribution >= 4 is 34.5 Å². The average molecular weight is 434 g/mol. The zero-order valence-corrected chi connectivity index (χ0v) is 17.2. The molecule has 9 heteroatoms. The lowest BCUT2D eigenvalue weighted by Crippen LogP contribution is -2.50. The molecular weight excluding hydrogens is 416 g/mol. The molecule has 1 aromatic carbocycles. The van der Waals surface area contributed by atoms with E-state index in [1.54, 1.807) is 21.1 Å². The second-order valence-corrected chi connectivity index (χ2v) is 8.44. The minimum atomic E-state index is -1.05. The summed E-state index contributed by atoms with van der Waals surface area (Å²) in [5.74, 6) is -2.50. The largest absolute Gasteiger partial charge is 0.335 e. The Labute approximate surface area is 174 Å². The van der Waals surface area contributed by atoms with Gasteiger partial charge in [-0.1, -0.05) is 0 Å². The number of piperazine rings is 1. The van der Waals surface area contributed by atoms with Crippen molar-refractivity contribution < 1.29 is 18.4 Å². The molecule has 0 spiro atoms. The van der Waals surface area contributed by atoms with Gasteiger partial charge in [-0.2, -0.15) is 11.3 Å². The maximum Gasteiger partial charge on any atom is 0.265 e. The Bertz CT molecular complexity index is 1060. The number of carbonyl (C=O) groups excluding carboxylic acids is 2. The number of thiophene rings is 1. The number of thiazole rings is 1. The van der Waals surface area contributed by atoms with Crippen LogP contribution in [0.5, 0.6) is 0 Å². The van der Waals surface area contributed by atoms with Crippen LogP contribution in [-0.2, 0) is 0 Å². The Morgan fingerprint density at radius 1 is 1.00 bits per heavy atom. The lowest BCUT2D eigenvalue weighted by Gasteiger charge is -2.34. The molecule has 0 atom stereocenters. The summed E-state index contributed by atoms with van der Waals surface area (Å²) in [6.07, 6.45) is 0. The zero-order chi connectivity index (χ0) is 20.5. The van der Waals surface area contributed by atoms with Crippen LogP contribution in [0.2, 0.25) is 0 Å². The fourth-order valence-electron chi connectivity index (χ4n) is 3.17. The van der Waals surface area contributed by atoms with Gasteiger partial charge in [-0.3, -0.25) is 9.59 Å². The Morgan fingerprint density at radius 3 is 2.31 bits per heavy atom. The Hall–Kier alpha value is -2.65. The van der Waals surface area contributed by atoms with Crippen LogP contribution in [0.1, 0.15) is 25.7 Å². The zero-order valence-electron chi connectivity index (χ0n) is 15.5. The van der Waals surface area contributed by atoms with E-state index in [9.17, 15) is 18.4 Å². The quantitative estimate of drug-likeness (QED) is 0.626. The van der Waals surface area contributed by atoms with Crippen molar-refractivity contribution in [1.82, 2.24) is 14.8 Å². The lowest BCUT2D eigenvalue weighted by atomic mass is 10.1. The van der Waals surface area contributed by atoms with Gasteiger partial charge in [-0.25, -0.2) is 13.8 Å². The molecule has 150 valence electrons. The minimum absolute atomic E-state index is 0.0959. The molecule has 1 aliphatic rings. The molecule has 5 nitrogen and oxygen atoms in total. The number of aromatic nitrogens is 1. The van der Waals surface area contributed by atoms with Gasteiger partial charge in [-0.05, 0) is 36.6 Å². The third-order valence-electron chi connectivity index (χ3n) is 4.78. The lowest BCUT2D eigenvalue weighted by molar-refractivity contribution is 0.0537. The third-order valence-corrected chi connectivity index (χ3v) is 6.66. The van der Waals surface area contributed by atoms with Crippen molar-refractivity contribution in [3.63, 3.8) is 0 Å². The standard InChI is InChI=1S/C20H17F2N3O2S2/c1-12-17(29-18(23-12)14-4-9-28-11-14)20(27)25-7-5-24(6-8-25)19(26)13-2-3-15(21)16(22)10-13/h2-4,9-11H,5-8H2,1H3. The van der Waals surface area contributed by atoms with Gasteiger partial charge in [0.25, 0.3) is 11.8 Å². The maximum absolute atomic E-state index is 13.4. The summed E-state index contributed by atoms with van der Waals surface area (Å²) < 4.78 is 26.5. The number of halogens is 2. The van der Waals surface area contributed by atoms with Gasteiger partial charge < -0.3 is 9.80 Å². The van der Waals surface area contributed by atoms with Gasteiger partial charge >= 0.3 is 0 Å². The minimum Gasteiger partial charge on any atom is -0.335 e. The first-order chi connectivity index (χ1) is 13.9. The molecule has 3 heterocycles. The van der Waals surface area contributed by atoms with E-state index in [1.165, 1.54) is 17.4 Å². The van der Waals surface area contributed by atoms with E-state index in [2.05, 4.69) is 4.98 Å². The van der Waals surface area contributed by atoms with E-state index in [0.29, 0.717) is 36.8 Å². The van der Waals surface area contributed by atoms with Crippen molar-refractivity contribution in [2.45, 2.75) is 6.92 Å². The van der Waals surface area contributed by atoms with Crippen LogP contribution in [0.4, 0.5) is 8.78 Å². The van der Waals surface area contributed by atoms with Crippen LogP contribution >= 0.6 is 22.7 Å². The van der Waals surface area contributed by atoms with Crippen LogP contribution in [0.15, 0.2) is 35.0 Å². The van der Waals surface area contributed by atoms with Crippen LogP contribution < -0.4 is 0 Å². The smallest absolute Gasteiger partial charge is 0.265 e. The molecule has 1 aliphatic heterocycles. The van der Waals surface area contributed by atoms with E-state index in [-0.39, 0.29) is 17.4 Å². The highest BCUT2D eigenvalue weighted by atomic mass is 32.1. The molecule has 0 radical (unpaired) electrons. The summed E-state index contributed by atoms with van der Waals surface area (Å²) in [5.41, 5.74) is 1.80. The summed E-state index contributed by atoms with van der Waals surface area (Å²) in [6, 6.07) is 5.09. The Kier molecular flexibility index (Phi) is 5.42. The molecular formula is C20H17F2N3O2S2. The van der Waals surface area contributed by atoms with Crippen molar-refractivity contribution in [2.75, 3.05) is 26.2 Å². The first-order valence-electron chi connectivity index (χ1n) is 8.97. The van der Waals surface area contributed by atoms with Gasteiger partial charge in [0.1, 0.15) is 9.88 Å². The van der Waals surface area contributed by atoms with E-state index >= 15 is 0 Å². The summed E-state index contributed by atoms with van der Waals surface area (Å²) in [5, 5.41) is 4.78. The van der Waals surface area contributed by atoms with Gasteiger partial charge in [-0.15, -0.1) is 11.3 Å². The number of rotatable bonds is 3. The number of nitrogens with zero attached hydrogens (tertiary/aromatic N) is 3. The number of hydrogen-bond acceptors (Lipinski definition) is 5.